The molecule has 2 aromatic carbocycles. The van der Waals surface area contributed by atoms with Gasteiger partial charge in [-0.2, -0.15) is 0 Å². The third-order valence-electron chi connectivity index (χ3n) is 4.86. The van der Waals surface area contributed by atoms with E-state index in [2.05, 4.69) is 20.1 Å². The van der Waals surface area contributed by atoms with Crippen LogP contribution < -0.4 is 15.1 Å². The quantitative estimate of drug-likeness (QED) is 0.616. The molecular formula is C21H20Cl2N4OS. The zero-order valence-electron chi connectivity index (χ0n) is 15.6. The zero-order chi connectivity index (χ0) is 20.2. The first-order valence-electron chi connectivity index (χ1n) is 9.33. The average molecular weight is 447 g/mol. The summed E-state index contributed by atoms with van der Waals surface area (Å²) in [4.78, 5) is 21.5. The fourth-order valence-electron chi connectivity index (χ4n) is 3.23. The lowest BCUT2D eigenvalue weighted by Crippen LogP contribution is -2.46. The molecule has 5 nitrogen and oxygen atoms in total. The molecule has 1 aliphatic rings. The van der Waals surface area contributed by atoms with Crippen molar-refractivity contribution in [3.8, 4) is 0 Å². The molecule has 0 saturated carbocycles. The Hall–Kier alpha value is -2.28. The number of halogens is 2. The molecular weight excluding hydrogens is 427 g/mol. The van der Waals surface area contributed by atoms with Gasteiger partial charge in [-0.15, -0.1) is 11.3 Å². The fraction of sp³-hybridized carbons (Fsp3) is 0.238. The summed E-state index contributed by atoms with van der Waals surface area (Å²) < 4.78 is 0. The SMILES string of the molecule is O=C(NCc1ccccc1Cl)c1csc(N2CCN(c3ccc(Cl)cc3)CC2)n1. The number of carbonyl (C=O) groups is 1. The predicted octanol–water partition coefficient (Wildman–Crippen LogP) is 4.71. The Balaban J connectivity index is 1.32. The van der Waals surface area contributed by atoms with Gasteiger partial charge in [0.05, 0.1) is 0 Å². The van der Waals surface area contributed by atoms with Crippen molar-refractivity contribution >= 4 is 51.3 Å². The van der Waals surface area contributed by atoms with Gasteiger partial charge < -0.3 is 15.1 Å². The number of hydrogen-bond acceptors (Lipinski definition) is 5. The number of carbonyl (C=O) groups excluding carboxylic acids is 1. The highest BCUT2D eigenvalue weighted by Gasteiger charge is 2.21. The third kappa shape index (κ3) is 4.83. The molecule has 0 aliphatic carbocycles. The summed E-state index contributed by atoms with van der Waals surface area (Å²) in [6.45, 7) is 3.89. The number of amides is 1. The predicted molar refractivity (Wildman–Crippen MR) is 121 cm³/mol. The van der Waals surface area contributed by atoms with Gasteiger partial charge in [0.1, 0.15) is 5.69 Å². The van der Waals surface area contributed by atoms with Crippen molar-refractivity contribution in [3.63, 3.8) is 0 Å². The molecule has 29 heavy (non-hydrogen) atoms. The number of aromatic nitrogens is 1. The summed E-state index contributed by atoms with van der Waals surface area (Å²) in [6.07, 6.45) is 0. The van der Waals surface area contributed by atoms with E-state index in [4.69, 9.17) is 23.2 Å². The van der Waals surface area contributed by atoms with Crippen molar-refractivity contribution < 1.29 is 4.79 Å². The van der Waals surface area contributed by atoms with Crippen LogP contribution in [0.4, 0.5) is 10.8 Å². The lowest BCUT2D eigenvalue weighted by atomic mass is 10.2. The molecule has 1 aromatic heterocycles. The van der Waals surface area contributed by atoms with E-state index in [9.17, 15) is 4.79 Å². The monoisotopic (exact) mass is 446 g/mol. The first kappa shape index (κ1) is 20.0. The standard InChI is InChI=1S/C21H20Cl2N4OS/c22-16-5-7-17(8-6-16)26-9-11-27(12-10-26)21-25-19(14-29-21)20(28)24-13-15-3-1-2-4-18(15)23/h1-8,14H,9-13H2,(H,24,28). The van der Waals surface area contributed by atoms with Gasteiger partial charge in [-0.25, -0.2) is 4.98 Å². The maximum absolute atomic E-state index is 12.4. The second kappa shape index (κ2) is 9.03. The molecule has 0 atom stereocenters. The third-order valence-corrected chi connectivity index (χ3v) is 6.39. The van der Waals surface area contributed by atoms with Gasteiger partial charge in [-0.05, 0) is 35.9 Å². The summed E-state index contributed by atoms with van der Waals surface area (Å²) >= 11 is 13.6. The van der Waals surface area contributed by atoms with Crippen LogP contribution in [0.3, 0.4) is 0 Å². The lowest BCUT2D eigenvalue weighted by Gasteiger charge is -2.36. The fourth-order valence-corrected chi connectivity index (χ4v) is 4.42. The Morgan fingerprint density at radius 3 is 2.41 bits per heavy atom. The summed E-state index contributed by atoms with van der Waals surface area (Å²) in [5, 5.41) is 6.97. The van der Waals surface area contributed by atoms with Gasteiger partial charge in [0.2, 0.25) is 0 Å². The smallest absolute Gasteiger partial charge is 0.271 e. The molecule has 0 radical (unpaired) electrons. The minimum atomic E-state index is -0.188. The van der Waals surface area contributed by atoms with Crippen LogP contribution in [-0.4, -0.2) is 37.1 Å². The summed E-state index contributed by atoms with van der Waals surface area (Å²) in [5.41, 5.74) is 2.50. The second-order valence-corrected chi connectivity index (χ2v) is 8.42. The van der Waals surface area contributed by atoms with E-state index in [1.807, 2.05) is 53.9 Å². The highest BCUT2D eigenvalue weighted by atomic mass is 35.5. The normalized spacial score (nSPS) is 14.1. The molecule has 0 unspecified atom stereocenters. The molecule has 8 heteroatoms. The Bertz CT molecular complexity index is 984. The Labute approximate surface area is 183 Å². The van der Waals surface area contributed by atoms with Crippen molar-refractivity contribution in [1.29, 1.82) is 0 Å². The van der Waals surface area contributed by atoms with Gasteiger partial charge >= 0.3 is 0 Å². The van der Waals surface area contributed by atoms with Crippen LogP contribution in [0.1, 0.15) is 16.1 Å². The van der Waals surface area contributed by atoms with E-state index in [-0.39, 0.29) is 5.91 Å². The molecule has 4 rings (SSSR count). The first-order valence-corrected chi connectivity index (χ1v) is 11.0. The van der Waals surface area contributed by atoms with Crippen molar-refractivity contribution in [2.75, 3.05) is 36.0 Å². The molecule has 2 heterocycles. The molecule has 3 aromatic rings. The number of hydrogen-bond donors (Lipinski definition) is 1. The van der Waals surface area contributed by atoms with Crippen LogP contribution in [0.2, 0.25) is 10.0 Å². The van der Waals surface area contributed by atoms with E-state index in [1.165, 1.54) is 17.0 Å². The highest BCUT2D eigenvalue weighted by molar-refractivity contribution is 7.13. The van der Waals surface area contributed by atoms with Gasteiger partial charge in [0.15, 0.2) is 5.13 Å². The van der Waals surface area contributed by atoms with Crippen LogP contribution in [0.15, 0.2) is 53.9 Å². The van der Waals surface area contributed by atoms with Crippen molar-refractivity contribution in [3.05, 3.63) is 75.2 Å². The molecule has 0 bridgehead atoms. The number of nitrogens with zero attached hydrogens (tertiary/aromatic N) is 3. The van der Waals surface area contributed by atoms with E-state index < -0.39 is 0 Å². The second-order valence-electron chi connectivity index (χ2n) is 6.74. The number of benzene rings is 2. The number of anilines is 2. The number of rotatable bonds is 5. The Morgan fingerprint density at radius 2 is 1.69 bits per heavy atom. The number of thiazole rings is 1. The van der Waals surface area contributed by atoms with Gasteiger partial charge in [-0.3, -0.25) is 4.79 Å². The van der Waals surface area contributed by atoms with Crippen LogP contribution >= 0.6 is 34.5 Å². The average Bonchev–Trinajstić information content (AvgIpc) is 3.24. The molecule has 150 valence electrons. The van der Waals surface area contributed by atoms with Crippen LogP contribution in [-0.2, 0) is 6.54 Å². The molecule has 1 amide bonds. The summed E-state index contributed by atoms with van der Waals surface area (Å²) in [6, 6.07) is 15.4. The Morgan fingerprint density at radius 1 is 1.00 bits per heavy atom. The Kier molecular flexibility index (Phi) is 6.23. The van der Waals surface area contributed by atoms with Crippen molar-refractivity contribution in [1.82, 2.24) is 10.3 Å². The van der Waals surface area contributed by atoms with E-state index >= 15 is 0 Å². The van der Waals surface area contributed by atoms with Crippen molar-refractivity contribution in [2.24, 2.45) is 0 Å². The zero-order valence-corrected chi connectivity index (χ0v) is 18.0. The molecule has 1 saturated heterocycles. The van der Waals surface area contributed by atoms with Gasteiger partial charge in [0, 0.05) is 53.8 Å². The molecule has 0 spiro atoms. The maximum Gasteiger partial charge on any atom is 0.271 e. The maximum atomic E-state index is 12.4. The highest BCUT2D eigenvalue weighted by Crippen LogP contribution is 2.25. The lowest BCUT2D eigenvalue weighted by molar-refractivity contribution is 0.0946. The van der Waals surface area contributed by atoms with Gasteiger partial charge in [-0.1, -0.05) is 41.4 Å². The number of piperazine rings is 1. The largest absolute Gasteiger partial charge is 0.368 e. The van der Waals surface area contributed by atoms with Crippen molar-refractivity contribution in [2.45, 2.75) is 6.54 Å². The van der Waals surface area contributed by atoms with E-state index in [0.29, 0.717) is 17.3 Å². The van der Waals surface area contributed by atoms with E-state index in [1.54, 1.807) is 0 Å². The van der Waals surface area contributed by atoms with Crippen LogP contribution in [0, 0.1) is 0 Å². The molecule has 1 fully saturated rings. The summed E-state index contributed by atoms with van der Waals surface area (Å²) in [5.74, 6) is -0.188. The topological polar surface area (TPSA) is 48.5 Å². The first-order chi connectivity index (χ1) is 14.1. The minimum absolute atomic E-state index is 0.188. The van der Waals surface area contributed by atoms with E-state index in [0.717, 1.165) is 41.9 Å². The summed E-state index contributed by atoms with van der Waals surface area (Å²) in [7, 11) is 0. The number of nitrogens with one attached hydrogen (secondary N) is 1. The van der Waals surface area contributed by atoms with Crippen LogP contribution in [0.5, 0.6) is 0 Å². The molecule has 1 N–H and O–H groups in total. The minimum Gasteiger partial charge on any atom is -0.368 e. The van der Waals surface area contributed by atoms with Crippen LogP contribution in [0.25, 0.3) is 0 Å². The molecule has 1 aliphatic heterocycles. The van der Waals surface area contributed by atoms with Gasteiger partial charge in [0.25, 0.3) is 5.91 Å².